The van der Waals surface area contributed by atoms with E-state index in [4.69, 9.17) is 4.74 Å². The van der Waals surface area contributed by atoms with Gasteiger partial charge in [0.25, 0.3) is 15.0 Å². The number of anilines is 1. The van der Waals surface area contributed by atoms with E-state index in [1.807, 2.05) is 5.43 Å². The second kappa shape index (κ2) is 5.84. The van der Waals surface area contributed by atoms with Gasteiger partial charge in [0.1, 0.15) is 5.75 Å². The minimum absolute atomic E-state index is 0.0844. The number of ether oxygens (including phenoxy) is 1. The molecule has 130 valence electrons. The van der Waals surface area contributed by atoms with Gasteiger partial charge >= 0.3 is 6.18 Å². The molecule has 0 aliphatic carbocycles. The summed E-state index contributed by atoms with van der Waals surface area (Å²) in [7, 11) is -3.99. The lowest BCUT2D eigenvalue weighted by Crippen LogP contribution is -2.64. The van der Waals surface area contributed by atoms with Gasteiger partial charge in [-0.2, -0.15) is 21.6 Å². The van der Waals surface area contributed by atoms with Crippen LogP contribution >= 0.6 is 0 Å². The Balaban J connectivity index is 2.46. The third-order valence-corrected chi connectivity index (χ3v) is 5.45. The summed E-state index contributed by atoms with van der Waals surface area (Å²) in [5.41, 5.74) is 2.30. The maximum absolute atomic E-state index is 13.5. The van der Waals surface area contributed by atoms with Crippen molar-refractivity contribution < 1.29 is 30.9 Å². The Bertz CT molecular complexity index is 663. The maximum Gasteiger partial charge on any atom is 0.425 e. The standard InChI is InChI=1S/C13H17F3N2O4S/c1-3-9-8-18(10-4-6-11(22-2)7-5-10)17-12(9,13(14,15)16)23(19,20)21/h4-7,9,17H,3,8H2,1-2H3,(H,19,20,21). The second-order valence-electron chi connectivity index (χ2n) is 5.23. The van der Waals surface area contributed by atoms with Gasteiger partial charge in [0.2, 0.25) is 0 Å². The van der Waals surface area contributed by atoms with Crippen LogP contribution in [0.15, 0.2) is 24.3 Å². The summed E-state index contributed by atoms with van der Waals surface area (Å²) >= 11 is 0. The second-order valence-corrected chi connectivity index (χ2v) is 6.83. The maximum atomic E-state index is 13.5. The monoisotopic (exact) mass is 354 g/mol. The van der Waals surface area contributed by atoms with Gasteiger partial charge in [-0.15, -0.1) is 0 Å². The molecule has 6 nitrogen and oxygen atoms in total. The van der Waals surface area contributed by atoms with Gasteiger partial charge in [-0.25, -0.2) is 5.43 Å². The molecule has 1 aromatic carbocycles. The minimum Gasteiger partial charge on any atom is -0.497 e. The zero-order valence-corrected chi connectivity index (χ0v) is 13.3. The molecule has 1 aliphatic heterocycles. The fraction of sp³-hybridized carbons (Fsp3) is 0.538. The van der Waals surface area contributed by atoms with Gasteiger partial charge in [-0.3, -0.25) is 4.55 Å². The normalized spacial score (nSPS) is 25.7. The molecule has 1 aliphatic rings. The van der Waals surface area contributed by atoms with Crippen LogP contribution < -0.4 is 15.2 Å². The van der Waals surface area contributed by atoms with Gasteiger partial charge < -0.3 is 9.75 Å². The van der Waals surface area contributed by atoms with Gasteiger partial charge in [0.15, 0.2) is 0 Å². The van der Waals surface area contributed by atoms with E-state index in [0.717, 1.165) is 5.01 Å². The number of hydrazine groups is 1. The van der Waals surface area contributed by atoms with E-state index in [-0.39, 0.29) is 13.0 Å². The van der Waals surface area contributed by atoms with Crippen molar-refractivity contribution >= 4 is 15.8 Å². The summed E-state index contributed by atoms with van der Waals surface area (Å²) in [6, 6.07) is 6.07. The molecular weight excluding hydrogens is 337 g/mol. The van der Waals surface area contributed by atoms with Crippen LogP contribution in [0, 0.1) is 5.92 Å². The van der Waals surface area contributed by atoms with Crippen molar-refractivity contribution in [3.05, 3.63) is 24.3 Å². The number of alkyl halides is 3. The first-order chi connectivity index (χ1) is 10.6. The van der Waals surface area contributed by atoms with Crippen LogP contribution in [0.4, 0.5) is 18.9 Å². The van der Waals surface area contributed by atoms with Crippen molar-refractivity contribution in [2.24, 2.45) is 5.92 Å². The highest BCUT2D eigenvalue weighted by molar-refractivity contribution is 7.87. The fourth-order valence-electron chi connectivity index (χ4n) is 2.74. The summed E-state index contributed by atoms with van der Waals surface area (Å²) in [5, 5.41) is 1.08. The molecule has 1 fully saturated rings. The van der Waals surface area contributed by atoms with E-state index in [1.54, 1.807) is 12.1 Å². The number of nitrogens with one attached hydrogen (secondary N) is 1. The molecular formula is C13H17F3N2O4S. The van der Waals surface area contributed by atoms with Gasteiger partial charge in [0.05, 0.1) is 12.8 Å². The summed E-state index contributed by atoms with van der Waals surface area (Å²) < 4.78 is 77.9. The predicted octanol–water partition coefficient (Wildman–Crippen LogP) is 2.19. The van der Waals surface area contributed by atoms with Crippen molar-refractivity contribution in [3.8, 4) is 5.75 Å². The lowest BCUT2D eigenvalue weighted by Gasteiger charge is -2.33. The van der Waals surface area contributed by atoms with Crippen LogP contribution in [0.1, 0.15) is 13.3 Å². The molecule has 2 N–H and O–H groups in total. The molecule has 1 aromatic rings. The van der Waals surface area contributed by atoms with Crippen LogP contribution in [-0.4, -0.2) is 37.7 Å². The van der Waals surface area contributed by atoms with Crippen molar-refractivity contribution in [3.63, 3.8) is 0 Å². The molecule has 23 heavy (non-hydrogen) atoms. The smallest absolute Gasteiger partial charge is 0.425 e. The number of benzene rings is 1. The first kappa shape index (κ1) is 17.8. The zero-order chi connectivity index (χ0) is 17.5. The summed E-state index contributed by atoms with van der Waals surface area (Å²) in [6.07, 6.45) is -5.26. The zero-order valence-electron chi connectivity index (χ0n) is 12.5. The van der Waals surface area contributed by atoms with Gasteiger partial charge in [-0.05, 0) is 30.7 Å². The van der Waals surface area contributed by atoms with Crippen LogP contribution in [0.2, 0.25) is 0 Å². The van der Waals surface area contributed by atoms with E-state index >= 15 is 0 Å². The third kappa shape index (κ3) is 2.86. The SMILES string of the molecule is CCC1CN(c2ccc(OC)cc2)NC1(C(F)(F)F)S(=O)(=O)O. The molecule has 1 saturated heterocycles. The van der Waals surface area contributed by atoms with Crippen molar-refractivity contribution in [2.45, 2.75) is 24.4 Å². The lowest BCUT2D eigenvalue weighted by atomic mass is 9.98. The number of halogens is 3. The fourth-order valence-corrected chi connectivity index (χ4v) is 3.92. The topological polar surface area (TPSA) is 78.9 Å². The highest BCUT2D eigenvalue weighted by atomic mass is 32.2. The Kier molecular flexibility index (Phi) is 4.53. The van der Waals surface area contributed by atoms with Crippen LogP contribution in [0.25, 0.3) is 0 Å². The Morgan fingerprint density at radius 1 is 1.39 bits per heavy atom. The molecule has 0 aromatic heterocycles. The van der Waals surface area contributed by atoms with Gasteiger partial charge in [-0.1, -0.05) is 6.92 Å². The van der Waals surface area contributed by atoms with Crippen LogP contribution in [-0.2, 0) is 10.1 Å². The van der Waals surface area contributed by atoms with Crippen molar-refractivity contribution in [1.82, 2.24) is 5.43 Å². The molecule has 0 bridgehead atoms. The van der Waals surface area contributed by atoms with Crippen LogP contribution in [0.5, 0.6) is 5.75 Å². The van der Waals surface area contributed by atoms with E-state index in [2.05, 4.69) is 0 Å². The Labute approximate surface area is 131 Å². The Morgan fingerprint density at radius 2 is 1.96 bits per heavy atom. The number of rotatable bonds is 4. The quantitative estimate of drug-likeness (QED) is 0.807. The van der Waals surface area contributed by atoms with Gasteiger partial charge in [0, 0.05) is 12.5 Å². The number of hydrogen-bond donors (Lipinski definition) is 2. The molecule has 2 unspecified atom stereocenters. The van der Waals surface area contributed by atoms with E-state index in [9.17, 15) is 26.1 Å². The molecule has 1 heterocycles. The summed E-state index contributed by atoms with van der Waals surface area (Å²) in [5.74, 6) is -0.851. The van der Waals surface area contributed by atoms with E-state index in [0.29, 0.717) is 11.4 Å². The molecule has 0 amide bonds. The predicted molar refractivity (Wildman–Crippen MR) is 77.6 cm³/mol. The first-order valence-electron chi connectivity index (χ1n) is 6.80. The van der Waals surface area contributed by atoms with E-state index < -0.39 is 27.1 Å². The van der Waals surface area contributed by atoms with Crippen LogP contribution in [0.3, 0.4) is 0 Å². The molecule has 2 atom stereocenters. The lowest BCUT2D eigenvalue weighted by molar-refractivity contribution is -0.177. The highest BCUT2D eigenvalue weighted by Crippen LogP contribution is 2.46. The molecule has 0 saturated carbocycles. The summed E-state index contributed by atoms with van der Waals surface area (Å²) in [6.45, 7) is 1.22. The van der Waals surface area contributed by atoms with E-state index in [1.165, 1.54) is 26.2 Å². The molecule has 2 rings (SSSR count). The minimum atomic E-state index is -5.44. The highest BCUT2D eigenvalue weighted by Gasteiger charge is 2.71. The average molecular weight is 354 g/mol. The van der Waals surface area contributed by atoms with Crippen molar-refractivity contribution in [1.29, 1.82) is 0 Å². The molecule has 10 heteroatoms. The Hall–Kier alpha value is -1.52. The molecule has 0 radical (unpaired) electrons. The summed E-state index contributed by atoms with van der Waals surface area (Å²) in [4.78, 5) is -3.42. The molecule has 0 spiro atoms. The first-order valence-corrected chi connectivity index (χ1v) is 8.24. The Morgan fingerprint density at radius 3 is 2.30 bits per heavy atom. The third-order valence-electron chi connectivity index (χ3n) is 3.98. The largest absolute Gasteiger partial charge is 0.497 e. The number of nitrogens with zero attached hydrogens (tertiary/aromatic N) is 1. The number of hydrogen-bond acceptors (Lipinski definition) is 5. The average Bonchev–Trinajstić information content (AvgIpc) is 2.87. The van der Waals surface area contributed by atoms with Crippen molar-refractivity contribution in [2.75, 3.05) is 18.7 Å². The number of methoxy groups -OCH3 is 1.